The standard InChI is InChI=1S/C8H10F2O3/c1-3-5(9)6(10)7(11)8(12)13-4-2/h3,5-6H,1,4H2,2H3. The predicted octanol–water partition coefficient (Wildman–Crippen LogP) is 0.981. The first-order valence-electron chi connectivity index (χ1n) is 3.66. The van der Waals surface area contributed by atoms with E-state index in [-0.39, 0.29) is 6.61 Å². The summed E-state index contributed by atoms with van der Waals surface area (Å²) in [6.45, 7) is 4.35. The second-order valence-electron chi connectivity index (χ2n) is 2.17. The molecule has 3 nitrogen and oxygen atoms in total. The van der Waals surface area contributed by atoms with E-state index in [4.69, 9.17) is 0 Å². The third kappa shape index (κ3) is 3.31. The van der Waals surface area contributed by atoms with Crippen molar-refractivity contribution in [3.05, 3.63) is 12.7 Å². The van der Waals surface area contributed by atoms with Crippen molar-refractivity contribution in [2.75, 3.05) is 6.61 Å². The van der Waals surface area contributed by atoms with Gasteiger partial charge in [-0.2, -0.15) is 0 Å². The van der Waals surface area contributed by atoms with E-state index in [9.17, 15) is 18.4 Å². The summed E-state index contributed by atoms with van der Waals surface area (Å²) in [4.78, 5) is 21.3. The normalized spacial score (nSPS) is 14.4. The second kappa shape index (κ2) is 5.40. The minimum absolute atomic E-state index is 0.0532. The summed E-state index contributed by atoms with van der Waals surface area (Å²) in [5.41, 5.74) is 0. The maximum absolute atomic E-state index is 12.7. The molecular weight excluding hydrogens is 182 g/mol. The van der Waals surface area contributed by atoms with Gasteiger partial charge in [-0.1, -0.05) is 6.08 Å². The highest BCUT2D eigenvalue weighted by Crippen LogP contribution is 2.07. The van der Waals surface area contributed by atoms with Crippen molar-refractivity contribution >= 4 is 11.8 Å². The fraction of sp³-hybridized carbons (Fsp3) is 0.500. The molecule has 74 valence electrons. The Morgan fingerprint density at radius 2 is 2.08 bits per heavy atom. The monoisotopic (exact) mass is 192 g/mol. The van der Waals surface area contributed by atoms with Gasteiger partial charge in [0.05, 0.1) is 6.61 Å². The quantitative estimate of drug-likeness (QED) is 0.370. The fourth-order valence-corrected chi connectivity index (χ4v) is 0.579. The number of alkyl halides is 2. The molecule has 0 spiro atoms. The molecule has 0 aromatic rings. The molecule has 0 fully saturated rings. The number of Topliss-reactive ketones (excluding diaryl/α,β-unsaturated/α-hetero) is 1. The summed E-state index contributed by atoms with van der Waals surface area (Å²) in [5.74, 6) is -2.88. The van der Waals surface area contributed by atoms with E-state index in [0.29, 0.717) is 6.08 Å². The lowest BCUT2D eigenvalue weighted by atomic mass is 10.1. The van der Waals surface area contributed by atoms with Gasteiger partial charge in [-0.15, -0.1) is 6.58 Å². The highest BCUT2D eigenvalue weighted by molar-refractivity contribution is 6.35. The summed E-state index contributed by atoms with van der Waals surface area (Å²) in [7, 11) is 0. The van der Waals surface area contributed by atoms with Crippen LogP contribution in [0.15, 0.2) is 12.7 Å². The molecule has 2 unspecified atom stereocenters. The summed E-state index contributed by atoms with van der Waals surface area (Å²) >= 11 is 0. The lowest BCUT2D eigenvalue weighted by molar-refractivity contribution is -0.156. The zero-order valence-corrected chi connectivity index (χ0v) is 7.13. The largest absolute Gasteiger partial charge is 0.460 e. The van der Waals surface area contributed by atoms with Gasteiger partial charge in [0.25, 0.3) is 5.78 Å². The minimum atomic E-state index is -2.52. The van der Waals surface area contributed by atoms with Crippen LogP contribution in [0.25, 0.3) is 0 Å². The smallest absolute Gasteiger partial charge is 0.377 e. The van der Waals surface area contributed by atoms with Crippen molar-refractivity contribution in [1.82, 2.24) is 0 Å². The maximum Gasteiger partial charge on any atom is 0.377 e. The van der Waals surface area contributed by atoms with Crippen molar-refractivity contribution in [2.45, 2.75) is 19.3 Å². The van der Waals surface area contributed by atoms with Crippen LogP contribution in [0.1, 0.15) is 6.92 Å². The number of ketones is 1. The van der Waals surface area contributed by atoms with Gasteiger partial charge in [0.15, 0.2) is 6.17 Å². The number of rotatable bonds is 5. The van der Waals surface area contributed by atoms with Gasteiger partial charge in [-0.3, -0.25) is 4.79 Å². The highest BCUT2D eigenvalue weighted by atomic mass is 19.2. The lowest BCUT2D eigenvalue weighted by Gasteiger charge is -2.07. The Balaban J connectivity index is 4.24. The zero-order chi connectivity index (χ0) is 10.4. The number of halogens is 2. The molecule has 0 heterocycles. The van der Waals surface area contributed by atoms with Crippen molar-refractivity contribution in [3.63, 3.8) is 0 Å². The third-order valence-electron chi connectivity index (χ3n) is 1.23. The Morgan fingerprint density at radius 1 is 1.54 bits per heavy atom. The summed E-state index contributed by atoms with van der Waals surface area (Å²) in [6.07, 6.45) is -4.07. The minimum Gasteiger partial charge on any atom is -0.460 e. The molecule has 0 saturated carbocycles. The van der Waals surface area contributed by atoms with Gasteiger partial charge in [0.2, 0.25) is 6.17 Å². The van der Waals surface area contributed by atoms with E-state index in [2.05, 4.69) is 11.3 Å². The zero-order valence-electron chi connectivity index (χ0n) is 7.13. The predicted molar refractivity (Wildman–Crippen MR) is 41.6 cm³/mol. The van der Waals surface area contributed by atoms with Gasteiger partial charge >= 0.3 is 5.97 Å². The first-order chi connectivity index (χ1) is 6.04. The topological polar surface area (TPSA) is 43.4 Å². The van der Waals surface area contributed by atoms with E-state index in [0.717, 1.165) is 0 Å². The molecular formula is C8H10F2O3. The Kier molecular flexibility index (Phi) is 4.87. The fourth-order valence-electron chi connectivity index (χ4n) is 0.579. The molecule has 0 bridgehead atoms. The Labute approximate surface area is 74.4 Å². The molecule has 2 atom stereocenters. The number of hydrogen-bond donors (Lipinski definition) is 0. The summed E-state index contributed by atoms with van der Waals surface area (Å²) in [6, 6.07) is 0. The number of ether oxygens (including phenoxy) is 1. The van der Waals surface area contributed by atoms with E-state index in [1.165, 1.54) is 6.92 Å². The molecule has 0 aromatic heterocycles. The van der Waals surface area contributed by atoms with Gasteiger partial charge < -0.3 is 4.74 Å². The number of carbonyl (C=O) groups is 2. The average molecular weight is 192 g/mol. The van der Waals surface area contributed by atoms with Gasteiger partial charge in [-0.25, -0.2) is 13.6 Å². The Morgan fingerprint density at radius 3 is 2.46 bits per heavy atom. The number of carbonyl (C=O) groups excluding carboxylic acids is 2. The molecule has 0 aliphatic rings. The molecule has 0 amide bonds. The van der Waals surface area contributed by atoms with Crippen molar-refractivity contribution in [1.29, 1.82) is 0 Å². The molecule has 0 aromatic carbocycles. The SMILES string of the molecule is C=CC(F)C(F)C(=O)C(=O)OCC. The van der Waals surface area contributed by atoms with E-state index in [1.54, 1.807) is 0 Å². The Hall–Kier alpha value is -1.26. The van der Waals surface area contributed by atoms with Crippen LogP contribution in [-0.2, 0) is 14.3 Å². The van der Waals surface area contributed by atoms with Crippen LogP contribution >= 0.6 is 0 Å². The van der Waals surface area contributed by atoms with E-state index in [1.807, 2.05) is 0 Å². The van der Waals surface area contributed by atoms with Crippen molar-refractivity contribution < 1.29 is 23.1 Å². The van der Waals surface area contributed by atoms with Gasteiger partial charge in [-0.05, 0) is 6.92 Å². The maximum atomic E-state index is 12.7. The molecule has 5 heteroatoms. The third-order valence-corrected chi connectivity index (χ3v) is 1.23. The van der Waals surface area contributed by atoms with E-state index >= 15 is 0 Å². The molecule has 0 rings (SSSR count). The van der Waals surface area contributed by atoms with Crippen LogP contribution in [0.2, 0.25) is 0 Å². The molecule has 0 N–H and O–H groups in total. The van der Waals surface area contributed by atoms with Crippen molar-refractivity contribution in [3.8, 4) is 0 Å². The van der Waals surface area contributed by atoms with Crippen LogP contribution in [0.5, 0.6) is 0 Å². The van der Waals surface area contributed by atoms with E-state index < -0.39 is 24.1 Å². The van der Waals surface area contributed by atoms with Gasteiger partial charge in [0.1, 0.15) is 0 Å². The number of esters is 1. The average Bonchev–Trinajstić information content (AvgIpc) is 2.14. The molecule has 0 saturated heterocycles. The lowest BCUT2D eigenvalue weighted by Crippen LogP contribution is -2.33. The second-order valence-corrected chi connectivity index (χ2v) is 2.17. The first kappa shape index (κ1) is 11.7. The number of hydrogen-bond acceptors (Lipinski definition) is 3. The van der Waals surface area contributed by atoms with Crippen LogP contribution in [0.4, 0.5) is 8.78 Å². The van der Waals surface area contributed by atoms with Crippen molar-refractivity contribution in [2.24, 2.45) is 0 Å². The van der Waals surface area contributed by atoms with Crippen LogP contribution < -0.4 is 0 Å². The van der Waals surface area contributed by atoms with Gasteiger partial charge in [0, 0.05) is 0 Å². The molecule has 0 aliphatic heterocycles. The highest BCUT2D eigenvalue weighted by Gasteiger charge is 2.32. The Bertz CT molecular complexity index is 215. The summed E-state index contributed by atoms with van der Waals surface area (Å²) < 4.78 is 29.3. The molecule has 13 heavy (non-hydrogen) atoms. The number of allylic oxidation sites excluding steroid dienone is 1. The molecule has 0 radical (unpaired) electrons. The molecule has 0 aliphatic carbocycles. The van der Waals surface area contributed by atoms with Crippen LogP contribution in [-0.4, -0.2) is 30.7 Å². The van der Waals surface area contributed by atoms with Crippen LogP contribution in [0.3, 0.4) is 0 Å². The van der Waals surface area contributed by atoms with Crippen LogP contribution in [0, 0.1) is 0 Å². The first-order valence-corrected chi connectivity index (χ1v) is 3.66. The summed E-state index contributed by atoms with van der Waals surface area (Å²) in [5, 5.41) is 0.